The number of nitrogens with zero attached hydrogens (tertiary/aromatic N) is 1. The van der Waals surface area contributed by atoms with Crippen LogP contribution in [0, 0.1) is 0 Å². The molecule has 2 aromatic rings. The predicted octanol–water partition coefficient (Wildman–Crippen LogP) is 2.39. The first-order valence-electron chi connectivity index (χ1n) is 6.78. The summed E-state index contributed by atoms with van der Waals surface area (Å²) < 4.78 is 1.19. The molecule has 0 saturated carbocycles. The fourth-order valence-corrected chi connectivity index (χ4v) is 2.12. The van der Waals surface area contributed by atoms with Crippen LogP contribution in [0.15, 0.2) is 54.6 Å². The molecule has 3 N–H and O–H groups in total. The van der Waals surface area contributed by atoms with E-state index in [4.69, 9.17) is 5.73 Å². The van der Waals surface area contributed by atoms with Gasteiger partial charge < -0.3 is 11.1 Å². The van der Waals surface area contributed by atoms with Crippen LogP contribution in [0.1, 0.15) is 15.9 Å². The fourth-order valence-electron chi connectivity index (χ4n) is 1.92. The van der Waals surface area contributed by atoms with E-state index in [1.807, 2.05) is 30.3 Å². The number of primary amides is 1. The maximum absolute atomic E-state index is 12.0. The predicted molar refractivity (Wildman–Crippen MR) is 90.0 cm³/mol. The van der Waals surface area contributed by atoms with Crippen molar-refractivity contribution in [1.29, 1.82) is 0 Å². The van der Waals surface area contributed by atoms with Gasteiger partial charge in [0, 0.05) is 12.1 Å². The first-order valence-corrected chi connectivity index (χ1v) is 7.18. The molecule has 5 nitrogen and oxygen atoms in total. The van der Waals surface area contributed by atoms with Gasteiger partial charge in [-0.15, -0.1) is 0 Å². The molecule has 0 spiro atoms. The summed E-state index contributed by atoms with van der Waals surface area (Å²) in [6.45, 7) is 0.513. The molecule has 0 aromatic heterocycles. The van der Waals surface area contributed by atoms with Crippen molar-refractivity contribution in [2.45, 2.75) is 6.42 Å². The topological polar surface area (TPSA) is 75.4 Å². The third kappa shape index (κ3) is 4.26. The summed E-state index contributed by atoms with van der Waals surface area (Å²) in [6.07, 6.45) is 0.745. The highest BCUT2D eigenvalue weighted by atomic mass is 32.1. The smallest absolute Gasteiger partial charge is 0.331 e. The Bertz CT molecular complexity index is 644. The lowest BCUT2D eigenvalue weighted by atomic mass is 10.1. The molecule has 0 aliphatic carbocycles. The van der Waals surface area contributed by atoms with Crippen molar-refractivity contribution in [3.8, 4) is 0 Å². The molecule has 2 rings (SSSR count). The molecule has 6 heteroatoms. The minimum absolute atomic E-state index is 0.328. The van der Waals surface area contributed by atoms with Gasteiger partial charge in [0.25, 0.3) is 0 Å². The summed E-state index contributed by atoms with van der Waals surface area (Å²) >= 11 is 4.17. The minimum Gasteiger partial charge on any atom is -0.366 e. The highest BCUT2D eigenvalue weighted by Crippen LogP contribution is 2.17. The first kappa shape index (κ1) is 15.9. The summed E-state index contributed by atoms with van der Waals surface area (Å²) in [5.74, 6) is -0.510. The highest BCUT2D eigenvalue weighted by Gasteiger charge is 2.11. The molecule has 3 amide bonds. The standard InChI is InChI=1S/C16H17N3O2S/c17-15(20)13-6-8-14(9-7-13)19(22)16(21)18-11-10-12-4-2-1-3-5-12/h1-9,22H,10-11H2,(H2,17,20)(H,18,21). The van der Waals surface area contributed by atoms with Gasteiger partial charge in [0.15, 0.2) is 0 Å². The van der Waals surface area contributed by atoms with Gasteiger partial charge in [0.1, 0.15) is 0 Å². The molecule has 0 fully saturated rings. The Morgan fingerprint density at radius 2 is 1.68 bits per heavy atom. The van der Waals surface area contributed by atoms with Crippen molar-refractivity contribution in [2.24, 2.45) is 5.73 Å². The molecule has 0 aliphatic rings. The summed E-state index contributed by atoms with van der Waals surface area (Å²) in [5, 5.41) is 2.79. The van der Waals surface area contributed by atoms with Crippen LogP contribution in [-0.2, 0) is 6.42 Å². The average Bonchev–Trinajstić information content (AvgIpc) is 2.55. The molecule has 0 atom stereocenters. The molecule has 0 bridgehead atoms. The number of nitrogens with two attached hydrogens (primary N) is 1. The number of carbonyl (C=O) groups excluding carboxylic acids is 2. The molecule has 0 radical (unpaired) electrons. The molecule has 0 saturated heterocycles. The third-order valence-electron chi connectivity index (χ3n) is 3.12. The van der Waals surface area contributed by atoms with E-state index in [1.54, 1.807) is 24.3 Å². The average molecular weight is 315 g/mol. The van der Waals surface area contributed by atoms with Crippen molar-refractivity contribution in [3.05, 3.63) is 65.7 Å². The Morgan fingerprint density at radius 1 is 1.05 bits per heavy atom. The first-order chi connectivity index (χ1) is 10.6. The number of rotatable bonds is 5. The zero-order chi connectivity index (χ0) is 15.9. The van der Waals surface area contributed by atoms with E-state index >= 15 is 0 Å². The maximum atomic E-state index is 12.0. The zero-order valence-electron chi connectivity index (χ0n) is 11.9. The second-order valence-corrected chi connectivity index (χ2v) is 5.09. The Labute approximate surface area is 134 Å². The number of thiol groups is 1. The number of nitrogens with one attached hydrogen (secondary N) is 1. The van der Waals surface area contributed by atoms with Crippen molar-refractivity contribution in [2.75, 3.05) is 10.8 Å². The molecule has 0 unspecified atom stereocenters. The number of carbonyl (C=O) groups is 2. The van der Waals surface area contributed by atoms with Crippen LogP contribution < -0.4 is 15.4 Å². The Hall–Kier alpha value is -2.47. The molecule has 114 valence electrons. The summed E-state index contributed by atoms with van der Waals surface area (Å²) in [6, 6.07) is 15.9. The van der Waals surface area contributed by atoms with E-state index in [2.05, 4.69) is 18.1 Å². The summed E-state index contributed by atoms with van der Waals surface area (Å²) in [7, 11) is 0. The Kier molecular flexibility index (Phi) is 5.43. The third-order valence-corrected chi connectivity index (χ3v) is 3.53. The highest BCUT2D eigenvalue weighted by molar-refractivity contribution is 7.82. The Balaban J connectivity index is 1.87. The van der Waals surface area contributed by atoms with Crippen molar-refractivity contribution < 1.29 is 9.59 Å². The van der Waals surface area contributed by atoms with Crippen LogP contribution in [0.4, 0.5) is 10.5 Å². The fraction of sp³-hybridized carbons (Fsp3) is 0.125. The van der Waals surface area contributed by atoms with Gasteiger partial charge in [-0.25, -0.2) is 9.10 Å². The van der Waals surface area contributed by atoms with E-state index in [-0.39, 0.29) is 6.03 Å². The van der Waals surface area contributed by atoms with Crippen molar-refractivity contribution in [3.63, 3.8) is 0 Å². The van der Waals surface area contributed by atoms with Crippen LogP contribution in [0.3, 0.4) is 0 Å². The van der Waals surface area contributed by atoms with E-state index in [9.17, 15) is 9.59 Å². The lowest BCUT2D eigenvalue weighted by Crippen LogP contribution is -2.35. The molecule has 22 heavy (non-hydrogen) atoms. The molecule has 2 aromatic carbocycles. The molecule has 0 aliphatic heterocycles. The number of urea groups is 1. The maximum Gasteiger partial charge on any atom is 0.331 e. The monoisotopic (exact) mass is 315 g/mol. The van der Waals surface area contributed by atoms with Gasteiger partial charge in [-0.05, 0) is 36.2 Å². The normalized spacial score (nSPS) is 10.0. The summed E-state index contributed by atoms with van der Waals surface area (Å²) in [4.78, 5) is 23.0. The second kappa shape index (κ2) is 7.51. The van der Waals surface area contributed by atoms with Crippen LogP contribution in [0.25, 0.3) is 0 Å². The van der Waals surface area contributed by atoms with Gasteiger partial charge in [-0.3, -0.25) is 4.79 Å². The number of anilines is 1. The van der Waals surface area contributed by atoms with E-state index in [1.165, 1.54) is 4.31 Å². The van der Waals surface area contributed by atoms with Crippen molar-refractivity contribution in [1.82, 2.24) is 5.32 Å². The quantitative estimate of drug-likeness (QED) is 0.741. The summed E-state index contributed by atoms with van der Waals surface area (Å²) in [5.41, 5.74) is 7.27. The van der Waals surface area contributed by atoms with Gasteiger partial charge in [0.2, 0.25) is 5.91 Å². The van der Waals surface area contributed by atoms with Gasteiger partial charge >= 0.3 is 6.03 Å². The van der Waals surface area contributed by atoms with Gasteiger partial charge in [-0.1, -0.05) is 43.1 Å². The van der Waals surface area contributed by atoms with Crippen molar-refractivity contribution >= 4 is 30.4 Å². The molecule has 0 heterocycles. The van der Waals surface area contributed by atoms with E-state index in [0.29, 0.717) is 17.8 Å². The van der Waals surface area contributed by atoms with Crippen LogP contribution in [0.5, 0.6) is 0 Å². The van der Waals surface area contributed by atoms with Gasteiger partial charge in [-0.2, -0.15) is 0 Å². The minimum atomic E-state index is -0.510. The lowest BCUT2D eigenvalue weighted by molar-refractivity contribution is 0.100. The largest absolute Gasteiger partial charge is 0.366 e. The van der Waals surface area contributed by atoms with E-state index < -0.39 is 5.91 Å². The second-order valence-electron chi connectivity index (χ2n) is 4.69. The van der Waals surface area contributed by atoms with Crippen LogP contribution >= 0.6 is 12.8 Å². The van der Waals surface area contributed by atoms with Gasteiger partial charge in [0.05, 0.1) is 5.69 Å². The zero-order valence-corrected chi connectivity index (χ0v) is 12.8. The number of benzene rings is 2. The number of amides is 3. The molecular formula is C16H17N3O2S. The number of hydrogen-bond donors (Lipinski definition) is 3. The molecular weight excluding hydrogens is 298 g/mol. The van der Waals surface area contributed by atoms with E-state index in [0.717, 1.165) is 12.0 Å². The Morgan fingerprint density at radius 3 is 2.27 bits per heavy atom. The van der Waals surface area contributed by atoms with Crippen LogP contribution in [0.2, 0.25) is 0 Å². The number of hydrogen-bond acceptors (Lipinski definition) is 3. The lowest BCUT2D eigenvalue weighted by Gasteiger charge is -2.16. The van der Waals surface area contributed by atoms with Crippen LogP contribution in [-0.4, -0.2) is 18.5 Å². The SMILES string of the molecule is NC(=O)c1ccc(N(S)C(=O)NCCc2ccccc2)cc1.